The van der Waals surface area contributed by atoms with Gasteiger partial charge in [-0.3, -0.25) is 0 Å². The smallest absolute Gasteiger partial charge is 0.123 e. The highest BCUT2D eigenvalue weighted by Gasteiger charge is 2.18. The van der Waals surface area contributed by atoms with E-state index in [0.717, 1.165) is 18.2 Å². The Morgan fingerprint density at radius 3 is 2.63 bits per heavy atom. The van der Waals surface area contributed by atoms with E-state index in [1.165, 1.54) is 44.2 Å². The average molecular weight is 265 g/mol. The number of halogens is 1. The monoisotopic (exact) mass is 265 g/mol. The molecule has 2 nitrogen and oxygen atoms in total. The third-order valence-electron chi connectivity index (χ3n) is 4.11. The maximum absolute atomic E-state index is 13.3. The van der Waals surface area contributed by atoms with Crippen LogP contribution in [0.1, 0.15) is 50.7 Å². The van der Waals surface area contributed by atoms with Crippen molar-refractivity contribution in [1.29, 1.82) is 0 Å². The molecule has 1 fully saturated rings. The Balaban J connectivity index is 2.11. The molecular weight excluding hydrogens is 241 g/mol. The summed E-state index contributed by atoms with van der Waals surface area (Å²) in [5.41, 5.74) is 1.63. The SMILES string of the molecule is C[C@@H](O)c1cc(F)ccc1N(C)CC1CCCCC1. The number of aliphatic hydroxyl groups is 1. The van der Waals surface area contributed by atoms with Crippen LogP contribution in [0.5, 0.6) is 0 Å². The summed E-state index contributed by atoms with van der Waals surface area (Å²) in [7, 11) is 2.04. The highest BCUT2D eigenvalue weighted by Crippen LogP contribution is 2.30. The lowest BCUT2D eigenvalue weighted by Gasteiger charge is -2.30. The summed E-state index contributed by atoms with van der Waals surface area (Å²) in [5.74, 6) is 0.441. The van der Waals surface area contributed by atoms with Gasteiger partial charge in [-0.2, -0.15) is 0 Å². The van der Waals surface area contributed by atoms with Crippen molar-refractivity contribution in [1.82, 2.24) is 0 Å². The molecule has 0 amide bonds. The summed E-state index contributed by atoms with van der Waals surface area (Å²) in [6.45, 7) is 2.68. The van der Waals surface area contributed by atoms with Crippen LogP contribution in [0.25, 0.3) is 0 Å². The maximum atomic E-state index is 13.3. The van der Waals surface area contributed by atoms with Crippen molar-refractivity contribution in [3.63, 3.8) is 0 Å². The molecule has 0 heterocycles. The van der Waals surface area contributed by atoms with Crippen LogP contribution in [-0.4, -0.2) is 18.7 Å². The predicted octanol–water partition coefficient (Wildman–Crippen LogP) is 3.90. The summed E-state index contributed by atoms with van der Waals surface area (Å²) in [6.07, 6.45) is 5.94. The van der Waals surface area contributed by atoms with Gasteiger partial charge in [-0.25, -0.2) is 4.39 Å². The second-order valence-corrected chi connectivity index (χ2v) is 5.76. The van der Waals surface area contributed by atoms with Crippen LogP contribution in [0.15, 0.2) is 18.2 Å². The van der Waals surface area contributed by atoms with Gasteiger partial charge in [0.1, 0.15) is 5.82 Å². The molecule has 2 rings (SSSR count). The zero-order valence-corrected chi connectivity index (χ0v) is 11.9. The minimum atomic E-state index is -0.639. The van der Waals surface area contributed by atoms with Gasteiger partial charge in [-0.1, -0.05) is 19.3 Å². The highest BCUT2D eigenvalue weighted by atomic mass is 19.1. The Bertz CT molecular complexity index is 413. The minimum Gasteiger partial charge on any atom is -0.389 e. The van der Waals surface area contributed by atoms with Gasteiger partial charge in [-0.05, 0) is 43.9 Å². The first-order valence-electron chi connectivity index (χ1n) is 7.26. The highest BCUT2D eigenvalue weighted by molar-refractivity contribution is 5.54. The van der Waals surface area contributed by atoms with Crippen molar-refractivity contribution in [2.45, 2.75) is 45.1 Å². The van der Waals surface area contributed by atoms with Crippen LogP contribution >= 0.6 is 0 Å². The lowest BCUT2D eigenvalue weighted by molar-refractivity contribution is 0.199. The predicted molar refractivity (Wildman–Crippen MR) is 76.9 cm³/mol. The fourth-order valence-corrected chi connectivity index (χ4v) is 3.06. The normalized spacial score (nSPS) is 18.3. The molecule has 1 atom stereocenters. The second-order valence-electron chi connectivity index (χ2n) is 5.76. The van der Waals surface area contributed by atoms with Crippen LogP contribution in [-0.2, 0) is 0 Å². The van der Waals surface area contributed by atoms with Crippen LogP contribution in [0.3, 0.4) is 0 Å². The quantitative estimate of drug-likeness (QED) is 0.892. The zero-order valence-electron chi connectivity index (χ0n) is 11.9. The van der Waals surface area contributed by atoms with Crippen molar-refractivity contribution in [2.24, 2.45) is 5.92 Å². The summed E-state index contributed by atoms with van der Waals surface area (Å²) in [4.78, 5) is 2.16. The Kier molecular flexibility index (Phi) is 4.81. The fourth-order valence-electron chi connectivity index (χ4n) is 3.06. The standard InChI is InChI=1S/C16H24FNO/c1-12(19)15-10-14(17)8-9-16(15)18(2)11-13-6-4-3-5-7-13/h8-10,12-13,19H,3-7,11H2,1-2H3/t12-/m1/s1. The Labute approximate surface area is 115 Å². The van der Waals surface area contributed by atoms with Crippen molar-refractivity contribution in [3.05, 3.63) is 29.6 Å². The van der Waals surface area contributed by atoms with E-state index < -0.39 is 6.10 Å². The fraction of sp³-hybridized carbons (Fsp3) is 0.625. The number of benzene rings is 1. The van der Waals surface area contributed by atoms with E-state index >= 15 is 0 Å². The summed E-state index contributed by atoms with van der Waals surface area (Å²) in [5, 5.41) is 9.79. The number of rotatable bonds is 4. The van der Waals surface area contributed by atoms with E-state index in [1.807, 2.05) is 7.05 Å². The Morgan fingerprint density at radius 1 is 1.32 bits per heavy atom. The van der Waals surface area contributed by atoms with Gasteiger partial charge in [0.05, 0.1) is 6.10 Å². The van der Waals surface area contributed by atoms with E-state index in [-0.39, 0.29) is 5.82 Å². The van der Waals surface area contributed by atoms with Crippen LogP contribution in [0.4, 0.5) is 10.1 Å². The van der Waals surface area contributed by atoms with Gasteiger partial charge in [0, 0.05) is 24.8 Å². The van der Waals surface area contributed by atoms with Gasteiger partial charge < -0.3 is 10.0 Å². The van der Waals surface area contributed by atoms with Gasteiger partial charge >= 0.3 is 0 Å². The largest absolute Gasteiger partial charge is 0.389 e. The van der Waals surface area contributed by atoms with Crippen molar-refractivity contribution >= 4 is 5.69 Å². The van der Waals surface area contributed by atoms with Gasteiger partial charge in [0.2, 0.25) is 0 Å². The molecule has 1 aliphatic carbocycles. The summed E-state index contributed by atoms with van der Waals surface area (Å²) in [6, 6.07) is 4.69. The molecule has 0 unspecified atom stereocenters. The van der Waals surface area contributed by atoms with Gasteiger partial charge in [0.25, 0.3) is 0 Å². The van der Waals surface area contributed by atoms with E-state index in [4.69, 9.17) is 0 Å². The number of aliphatic hydroxyl groups excluding tert-OH is 1. The molecule has 0 radical (unpaired) electrons. The van der Waals surface area contributed by atoms with E-state index in [2.05, 4.69) is 4.90 Å². The summed E-state index contributed by atoms with van der Waals surface area (Å²) >= 11 is 0. The van der Waals surface area contributed by atoms with Crippen LogP contribution in [0.2, 0.25) is 0 Å². The zero-order chi connectivity index (χ0) is 13.8. The first-order valence-corrected chi connectivity index (χ1v) is 7.26. The maximum Gasteiger partial charge on any atom is 0.123 e. The minimum absolute atomic E-state index is 0.286. The molecular formula is C16H24FNO. The van der Waals surface area contributed by atoms with Crippen molar-refractivity contribution < 1.29 is 9.50 Å². The van der Waals surface area contributed by atoms with E-state index in [1.54, 1.807) is 13.0 Å². The number of nitrogens with zero attached hydrogens (tertiary/aromatic N) is 1. The average Bonchev–Trinajstić information content (AvgIpc) is 2.39. The molecule has 1 saturated carbocycles. The van der Waals surface area contributed by atoms with Crippen LogP contribution in [0, 0.1) is 11.7 Å². The van der Waals surface area contributed by atoms with Gasteiger partial charge in [-0.15, -0.1) is 0 Å². The topological polar surface area (TPSA) is 23.5 Å². The molecule has 0 bridgehead atoms. The molecule has 19 heavy (non-hydrogen) atoms. The molecule has 1 aliphatic rings. The first kappa shape index (κ1) is 14.3. The lowest BCUT2D eigenvalue weighted by Crippen LogP contribution is -2.27. The molecule has 1 aromatic rings. The molecule has 0 aliphatic heterocycles. The Morgan fingerprint density at radius 2 is 2.00 bits per heavy atom. The lowest BCUT2D eigenvalue weighted by atomic mass is 9.89. The van der Waals surface area contributed by atoms with Gasteiger partial charge in [0.15, 0.2) is 0 Å². The van der Waals surface area contributed by atoms with Crippen LogP contribution < -0.4 is 4.90 Å². The van der Waals surface area contributed by atoms with Crippen molar-refractivity contribution in [2.75, 3.05) is 18.5 Å². The summed E-state index contributed by atoms with van der Waals surface area (Å²) < 4.78 is 13.3. The molecule has 0 saturated heterocycles. The molecule has 1 N–H and O–H groups in total. The molecule has 0 spiro atoms. The number of anilines is 1. The number of hydrogen-bond donors (Lipinski definition) is 1. The molecule has 0 aromatic heterocycles. The molecule has 1 aromatic carbocycles. The second kappa shape index (κ2) is 6.38. The molecule has 3 heteroatoms. The first-order chi connectivity index (χ1) is 9.08. The van der Waals surface area contributed by atoms with E-state index in [9.17, 15) is 9.50 Å². The Hall–Kier alpha value is -1.09. The third kappa shape index (κ3) is 3.69. The van der Waals surface area contributed by atoms with E-state index in [0.29, 0.717) is 5.56 Å². The molecule has 106 valence electrons. The van der Waals surface area contributed by atoms with Crippen molar-refractivity contribution in [3.8, 4) is 0 Å². The third-order valence-corrected chi connectivity index (χ3v) is 4.11. The number of hydrogen-bond acceptors (Lipinski definition) is 2.